The van der Waals surface area contributed by atoms with Gasteiger partial charge in [0.1, 0.15) is 11.0 Å². The summed E-state index contributed by atoms with van der Waals surface area (Å²) in [6, 6.07) is 17.0. The molecule has 1 atom stereocenters. The monoisotopic (exact) mass is 337 g/mol. The van der Waals surface area contributed by atoms with E-state index >= 15 is 0 Å². The fourth-order valence-corrected chi connectivity index (χ4v) is 2.53. The van der Waals surface area contributed by atoms with Crippen LogP contribution in [0.2, 0.25) is 0 Å². The second-order valence-corrected chi connectivity index (χ2v) is 5.71. The number of thiol groups is 1. The molecule has 0 saturated heterocycles. The molecular weight excluding hydrogens is 322 g/mol. The minimum absolute atomic E-state index is 0.324. The van der Waals surface area contributed by atoms with Crippen molar-refractivity contribution in [3.63, 3.8) is 0 Å². The van der Waals surface area contributed by atoms with Crippen LogP contribution in [-0.2, 0) is 6.42 Å². The molecule has 6 heteroatoms. The molecule has 0 amide bonds. The first-order valence-electron chi connectivity index (χ1n) is 7.33. The van der Waals surface area contributed by atoms with Crippen LogP contribution < -0.4 is 4.74 Å². The lowest BCUT2D eigenvalue weighted by Crippen LogP contribution is -1.93. The maximum atomic E-state index is 8.84. The van der Waals surface area contributed by atoms with E-state index < -0.39 is 0 Å². The number of methoxy groups -OCH3 is 1. The molecule has 0 spiro atoms. The van der Waals surface area contributed by atoms with Crippen molar-refractivity contribution in [1.82, 2.24) is 10.2 Å². The minimum atomic E-state index is -0.324. The van der Waals surface area contributed by atoms with Crippen LogP contribution in [0.25, 0.3) is 0 Å². The third-order valence-corrected chi connectivity index (χ3v) is 4.11. The van der Waals surface area contributed by atoms with Gasteiger partial charge in [-0.1, -0.05) is 24.3 Å². The van der Waals surface area contributed by atoms with Gasteiger partial charge in [-0.3, -0.25) is 0 Å². The van der Waals surface area contributed by atoms with Crippen LogP contribution in [0.5, 0.6) is 5.75 Å². The lowest BCUT2D eigenvalue weighted by Gasteiger charge is -2.06. The summed E-state index contributed by atoms with van der Waals surface area (Å²) in [6.07, 6.45) is 0.546. The van der Waals surface area contributed by atoms with Crippen molar-refractivity contribution >= 4 is 12.6 Å². The molecule has 1 aromatic heterocycles. The summed E-state index contributed by atoms with van der Waals surface area (Å²) in [6.45, 7) is 0. The van der Waals surface area contributed by atoms with Crippen LogP contribution in [0.1, 0.15) is 33.7 Å². The van der Waals surface area contributed by atoms with Crippen molar-refractivity contribution in [3.05, 3.63) is 77.0 Å². The Morgan fingerprint density at radius 1 is 1.12 bits per heavy atom. The van der Waals surface area contributed by atoms with Gasteiger partial charge in [-0.15, -0.1) is 10.2 Å². The normalized spacial score (nSPS) is 11.7. The average molecular weight is 337 g/mol. The van der Waals surface area contributed by atoms with Crippen LogP contribution in [0, 0.1) is 11.3 Å². The summed E-state index contributed by atoms with van der Waals surface area (Å²) in [4.78, 5) is 0. The van der Waals surface area contributed by atoms with E-state index in [9.17, 15) is 0 Å². The minimum Gasteiger partial charge on any atom is -0.497 e. The molecule has 3 aromatic rings. The highest BCUT2D eigenvalue weighted by molar-refractivity contribution is 7.80. The van der Waals surface area contributed by atoms with Gasteiger partial charge in [-0.2, -0.15) is 17.9 Å². The summed E-state index contributed by atoms with van der Waals surface area (Å²) in [7, 11) is 1.63. The molecule has 0 aliphatic carbocycles. The zero-order valence-corrected chi connectivity index (χ0v) is 13.9. The van der Waals surface area contributed by atoms with E-state index in [1.54, 1.807) is 19.2 Å². The van der Waals surface area contributed by atoms with Gasteiger partial charge in [0, 0.05) is 0 Å². The van der Waals surface area contributed by atoms with Gasteiger partial charge in [0.25, 0.3) is 0 Å². The Morgan fingerprint density at radius 3 is 2.46 bits per heavy atom. The lowest BCUT2D eigenvalue weighted by molar-refractivity contribution is 0.414. The molecule has 120 valence electrons. The predicted molar refractivity (Wildman–Crippen MR) is 92.1 cm³/mol. The van der Waals surface area contributed by atoms with Gasteiger partial charge in [-0.25, -0.2) is 0 Å². The molecule has 1 unspecified atom stereocenters. The van der Waals surface area contributed by atoms with Crippen molar-refractivity contribution in [2.75, 3.05) is 7.11 Å². The second-order valence-electron chi connectivity index (χ2n) is 5.20. The second kappa shape index (κ2) is 7.20. The summed E-state index contributed by atoms with van der Waals surface area (Å²) >= 11 is 4.54. The van der Waals surface area contributed by atoms with Gasteiger partial charge in [-0.05, 0) is 35.4 Å². The number of hydrogen-bond acceptors (Lipinski definition) is 6. The lowest BCUT2D eigenvalue weighted by atomic mass is 10.1. The first-order valence-corrected chi connectivity index (χ1v) is 7.84. The van der Waals surface area contributed by atoms with Crippen LogP contribution >= 0.6 is 12.6 Å². The molecule has 2 aromatic carbocycles. The molecule has 0 saturated carbocycles. The highest BCUT2D eigenvalue weighted by atomic mass is 32.1. The van der Waals surface area contributed by atoms with E-state index in [2.05, 4.69) is 28.9 Å². The first-order chi connectivity index (χ1) is 11.7. The summed E-state index contributed by atoms with van der Waals surface area (Å²) < 4.78 is 10.9. The van der Waals surface area contributed by atoms with Crippen molar-refractivity contribution in [2.45, 2.75) is 11.7 Å². The van der Waals surface area contributed by atoms with Gasteiger partial charge in [0.05, 0.1) is 25.2 Å². The maximum Gasteiger partial charge on any atom is 0.233 e. The van der Waals surface area contributed by atoms with Gasteiger partial charge >= 0.3 is 0 Å². The average Bonchev–Trinajstić information content (AvgIpc) is 3.10. The number of hydrogen-bond donors (Lipinski definition) is 1. The number of benzene rings is 2. The van der Waals surface area contributed by atoms with Crippen LogP contribution in [0.3, 0.4) is 0 Å². The van der Waals surface area contributed by atoms with E-state index in [1.807, 2.05) is 36.4 Å². The van der Waals surface area contributed by atoms with Crippen LogP contribution in [0.4, 0.5) is 0 Å². The highest BCUT2D eigenvalue weighted by Gasteiger charge is 2.17. The van der Waals surface area contributed by atoms with Crippen LogP contribution in [-0.4, -0.2) is 17.3 Å². The first kappa shape index (κ1) is 16.1. The van der Waals surface area contributed by atoms with E-state index in [1.165, 1.54) is 0 Å². The van der Waals surface area contributed by atoms with E-state index in [0.717, 1.165) is 16.9 Å². The third-order valence-electron chi connectivity index (χ3n) is 3.59. The molecular formula is C18H15N3O2S. The summed E-state index contributed by atoms with van der Waals surface area (Å²) in [5, 5.41) is 16.7. The molecule has 0 radical (unpaired) electrons. The third kappa shape index (κ3) is 3.58. The molecule has 0 aliphatic heterocycles. The molecule has 1 heterocycles. The standard InChI is InChI=1S/C18H15N3O2S/c1-22-15-8-4-12(5-9-15)10-16-20-21-18(23-16)17(24)14-6-2-13(11-19)3-7-14/h2-9,17,24H,10H2,1H3. The van der Waals surface area contributed by atoms with Gasteiger partial charge in [0.2, 0.25) is 11.8 Å². The van der Waals surface area contributed by atoms with E-state index in [-0.39, 0.29) is 5.25 Å². The highest BCUT2D eigenvalue weighted by Crippen LogP contribution is 2.27. The Kier molecular flexibility index (Phi) is 4.82. The number of aromatic nitrogens is 2. The molecule has 0 fully saturated rings. The number of nitriles is 1. The SMILES string of the molecule is COc1ccc(Cc2nnc(C(S)c3ccc(C#N)cc3)o2)cc1. The Hall–Kier alpha value is -2.78. The summed E-state index contributed by atoms with van der Waals surface area (Å²) in [5.41, 5.74) is 2.56. The fraction of sp³-hybridized carbons (Fsp3) is 0.167. The molecule has 24 heavy (non-hydrogen) atoms. The Bertz CT molecular complexity index is 851. The molecule has 0 bridgehead atoms. The number of ether oxygens (including phenoxy) is 1. The molecule has 0 aliphatic rings. The van der Waals surface area contributed by atoms with Gasteiger partial charge < -0.3 is 9.15 Å². The smallest absolute Gasteiger partial charge is 0.233 e. The van der Waals surface area contributed by atoms with Crippen molar-refractivity contribution < 1.29 is 9.15 Å². The Labute approximate surface area is 145 Å². The Balaban J connectivity index is 1.72. The van der Waals surface area contributed by atoms with E-state index in [0.29, 0.717) is 23.8 Å². The van der Waals surface area contributed by atoms with Crippen molar-refractivity contribution in [2.24, 2.45) is 0 Å². The van der Waals surface area contributed by atoms with Crippen molar-refractivity contribution in [3.8, 4) is 11.8 Å². The number of nitrogens with zero attached hydrogens (tertiary/aromatic N) is 3. The predicted octanol–water partition coefficient (Wildman–Crippen LogP) is 3.56. The summed E-state index contributed by atoms with van der Waals surface area (Å²) in [5.74, 6) is 1.77. The quantitative estimate of drug-likeness (QED) is 0.721. The van der Waals surface area contributed by atoms with Crippen molar-refractivity contribution in [1.29, 1.82) is 5.26 Å². The zero-order chi connectivity index (χ0) is 16.9. The number of rotatable bonds is 5. The van der Waals surface area contributed by atoms with Crippen LogP contribution in [0.15, 0.2) is 52.9 Å². The Morgan fingerprint density at radius 2 is 1.83 bits per heavy atom. The molecule has 3 rings (SSSR count). The fourth-order valence-electron chi connectivity index (χ4n) is 2.25. The van der Waals surface area contributed by atoms with E-state index in [4.69, 9.17) is 14.4 Å². The maximum absolute atomic E-state index is 8.84. The topological polar surface area (TPSA) is 71.9 Å². The van der Waals surface area contributed by atoms with Gasteiger partial charge in [0.15, 0.2) is 0 Å². The molecule has 0 N–H and O–H groups in total. The molecule has 5 nitrogen and oxygen atoms in total. The zero-order valence-electron chi connectivity index (χ0n) is 13.0. The largest absolute Gasteiger partial charge is 0.497 e.